The highest BCUT2D eigenvalue weighted by Crippen LogP contribution is 2.22. The van der Waals surface area contributed by atoms with Crippen LogP contribution in [0.25, 0.3) is 0 Å². The zero-order chi connectivity index (χ0) is 13.6. The molecule has 0 aliphatic rings. The molecule has 1 aromatic rings. The van der Waals surface area contributed by atoms with Gasteiger partial charge in [0.15, 0.2) is 0 Å². The summed E-state index contributed by atoms with van der Waals surface area (Å²) in [6.45, 7) is 8.28. The maximum Gasteiger partial charge on any atom is 0.131 e. The predicted octanol–water partition coefficient (Wildman–Crippen LogP) is 2.48. The smallest absolute Gasteiger partial charge is 0.131 e. The van der Waals surface area contributed by atoms with Gasteiger partial charge in [-0.05, 0) is 32.4 Å². The van der Waals surface area contributed by atoms with Crippen molar-refractivity contribution in [2.45, 2.75) is 38.8 Å². The number of nitrogens with zero attached hydrogens (tertiary/aromatic N) is 2. The summed E-state index contributed by atoms with van der Waals surface area (Å²) in [6.07, 6.45) is 0.652. The van der Waals surface area contributed by atoms with Crippen LogP contribution in [0.2, 0.25) is 0 Å². The average Bonchev–Trinajstić information content (AvgIpc) is 2.39. The molecule has 0 aliphatic carbocycles. The second kappa shape index (κ2) is 6.53. The molecule has 0 radical (unpaired) electrons. The van der Waals surface area contributed by atoms with Gasteiger partial charge in [-0.25, -0.2) is 0 Å². The zero-order valence-corrected chi connectivity index (χ0v) is 11.6. The van der Waals surface area contributed by atoms with Crippen LogP contribution in [0.4, 0.5) is 0 Å². The van der Waals surface area contributed by atoms with E-state index in [1.165, 1.54) is 0 Å². The highest BCUT2D eigenvalue weighted by molar-refractivity contribution is 5.30. The Morgan fingerprint density at radius 3 is 2.39 bits per heavy atom. The Morgan fingerprint density at radius 2 is 1.94 bits per heavy atom. The summed E-state index contributed by atoms with van der Waals surface area (Å²) in [5.74, 6) is 0. The number of benzene rings is 1. The van der Waals surface area contributed by atoms with Gasteiger partial charge in [-0.3, -0.25) is 0 Å². The molecule has 0 spiro atoms. The number of nitrogens with two attached hydrogens (primary N) is 1. The molecule has 0 fully saturated rings. The van der Waals surface area contributed by atoms with Crippen LogP contribution in [0, 0.1) is 11.3 Å². The lowest BCUT2D eigenvalue weighted by atomic mass is 9.89. The summed E-state index contributed by atoms with van der Waals surface area (Å²) in [4.78, 5) is 2.32. The van der Waals surface area contributed by atoms with E-state index in [1.54, 1.807) is 0 Å². The van der Waals surface area contributed by atoms with E-state index < -0.39 is 5.54 Å². The zero-order valence-electron chi connectivity index (χ0n) is 11.6. The van der Waals surface area contributed by atoms with Crippen molar-refractivity contribution in [1.82, 2.24) is 4.90 Å². The molecule has 1 aromatic carbocycles. The highest BCUT2D eigenvalue weighted by Gasteiger charge is 2.27. The molecule has 0 heterocycles. The van der Waals surface area contributed by atoms with Crippen LogP contribution >= 0.6 is 0 Å². The van der Waals surface area contributed by atoms with E-state index in [9.17, 15) is 5.26 Å². The molecule has 0 amide bonds. The van der Waals surface area contributed by atoms with Gasteiger partial charge in [0, 0.05) is 12.6 Å². The molecule has 3 nitrogen and oxygen atoms in total. The fourth-order valence-corrected chi connectivity index (χ4v) is 2.10. The molecule has 1 atom stereocenters. The molecule has 98 valence electrons. The normalized spacial score (nSPS) is 14.5. The third kappa shape index (κ3) is 3.56. The second-order valence-corrected chi connectivity index (χ2v) is 4.92. The van der Waals surface area contributed by atoms with Gasteiger partial charge in [0.25, 0.3) is 0 Å². The van der Waals surface area contributed by atoms with Gasteiger partial charge in [0.2, 0.25) is 0 Å². The van der Waals surface area contributed by atoms with Gasteiger partial charge >= 0.3 is 0 Å². The lowest BCUT2D eigenvalue weighted by Gasteiger charge is -2.29. The van der Waals surface area contributed by atoms with E-state index in [-0.39, 0.29) is 0 Å². The van der Waals surface area contributed by atoms with Crippen LogP contribution in [-0.4, -0.2) is 24.0 Å². The Bertz CT molecular complexity index is 394. The Morgan fingerprint density at radius 1 is 1.33 bits per heavy atom. The highest BCUT2D eigenvalue weighted by atomic mass is 15.1. The molecule has 1 unspecified atom stereocenters. The first-order chi connectivity index (χ1) is 8.53. The van der Waals surface area contributed by atoms with Crippen molar-refractivity contribution in [2.75, 3.05) is 13.1 Å². The summed E-state index contributed by atoms with van der Waals surface area (Å²) in [6, 6.07) is 12.4. The van der Waals surface area contributed by atoms with Gasteiger partial charge in [-0.1, -0.05) is 37.3 Å². The third-order valence-electron chi connectivity index (χ3n) is 3.42. The van der Waals surface area contributed by atoms with E-state index >= 15 is 0 Å². The fourth-order valence-electron chi connectivity index (χ4n) is 2.10. The van der Waals surface area contributed by atoms with Gasteiger partial charge in [0.05, 0.1) is 6.07 Å². The third-order valence-corrected chi connectivity index (χ3v) is 3.42. The van der Waals surface area contributed by atoms with Crippen molar-refractivity contribution < 1.29 is 0 Å². The Balaban J connectivity index is 2.76. The van der Waals surface area contributed by atoms with E-state index in [1.807, 2.05) is 30.3 Å². The van der Waals surface area contributed by atoms with Gasteiger partial charge in [0.1, 0.15) is 5.54 Å². The molecular weight excluding hydrogens is 222 g/mol. The Hall–Kier alpha value is -1.37. The molecule has 0 saturated carbocycles. The van der Waals surface area contributed by atoms with Crippen LogP contribution in [0.15, 0.2) is 30.3 Å². The van der Waals surface area contributed by atoms with Crippen LogP contribution < -0.4 is 5.73 Å². The monoisotopic (exact) mass is 245 g/mol. The average molecular weight is 245 g/mol. The molecule has 1 rings (SSSR count). The van der Waals surface area contributed by atoms with Gasteiger partial charge < -0.3 is 10.6 Å². The first-order valence-corrected chi connectivity index (χ1v) is 6.53. The Kier molecular flexibility index (Phi) is 5.33. The lowest BCUT2D eigenvalue weighted by molar-refractivity contribution is 0.217. The first kappa shape index (κ1) is 14.7. The number of nitriles is 1. The summed E-state index contributed by atoms with van der Waals surface area (Å²) in [5, 5.41) is 9.37. The van der Waals surface area contributed by atoms with Gasteiger partial charge in [-0.2, -0.15) is 5.26 Å². The summed E-state index contributed by atoms with van der Waals surface area (Å²) in [7, 11) is 0. The van der Waals surface area contributed by atoms with Crippen molar-refractivity contribution >= 4 is 0 Å². The van der Waals surface area contributed by atoms with Crippen LogP contribution in [0.5, 0.6) is 0 Å². The number of hydrogen-bond donors (Lipinski definition) is 1. The van der Waals surface area contributed by atoms with E-state index in [4.69, 9.17) is 5.73 Å². The largest absolute Gasteiger partial charge is 0.310 e. The van der Waals surface area contributed by atoms with Crippen molar-refractivity contribution in [3.05, 3.63) is 35.9 Å². The Labute approximate surface area is 110 Å². The summed E-state index contributed by atoms with van der Waals surface area (Å²) >= 11 is 0. The predicted molar refractivity (Wildman–Crippen MR) is 74.9 cm³/mol. The topological polar surface area (TPSA) is 53.0 Å². The minimum Gasteiger partial charge on any atom is -0.310 e. The number of hydrogen-bond acceptors (Lipinski definition) is 3. The molecule has 18 heavy (non-hydrogen) atoms. The molecule has 2 N–H and O–H groups in total. The SMILES string of the molecule is CCN(CCC(N)(C#N)c1ccccc1)C(C)C. The lowest BCUT2D eigenvalue weighted by Crippen LogP contribution is -2.41. The molecule has 0 aromatic heterocycles. The fraction of sp³-hybridized carbons (Fsp3) is 0.533. The summed E-state index contributed by atoms with van der Waals surface area (Å²) < 4.78 is 0. The van der Waals surface area contributed by atoms with E-state index in [2.05, 4.69) is 31.7 Å². The van der Waals surface area contributed by atoms with Gasteiger partial charge in [-0.15, -0.1) is 0 Å². The molecule has 0 aliphatic heterocycles. The number of rotatable bonds is 6. The van der Waals surface area contributed by atoms with Crippen molar-refractivity contribution in [3.63, 3.8) is 0 Å². The van der Waals surface area contributed by atoms with Crippen molar-refractivity contribution in [3.8, 4) is 6.07 Å². The molecule has 0 bridgehead atoms. The van der Waals surface area contributed by atoms with Crippen molar-refractivity contribution in [2.24, 2.45) is 5.73 Å². The molecule has 3 heteroatoms. The minimum absolute atomic E-state index is 0.480. The quantitative estimate of drug-likeness (QED) is 0.837. The van der Waals surface area contributed by atoms with E-state index in [0.29, 0.717) is 12.5 Å². The van der Waals surface area contributed by atoms with Crippen LogP contribution in [-0.2, 0) is 5.54 Å². The maximum atomic E-state index is 9.37. The van der Waals surface area contributed by atoms with Crippen LogP contribution in [0.3, 0.4) is 0 Å². The van der Waals surface area contributed by atoms with E-state index in [0.717, 1.165) is 18.7 Å². The summed E-state index contributed by atoms with van der Waals surface area (Å²) in [5.41, 5.74) is 6.24. The van der Waals surface area contributed by atoms with Crippen LogP contribution in [0.1, 0.15) is 32.8 Å². The molecule has 0 saturated heterocycles. The molecular formula is C15H23N3. The second-order valence-electron chi connectivity index (χ2n) is 4.92. The minimum atomic E-state index is -0.885. The maximum absolute atomic E-state index is 9.37. The standard InChI is InChI=1S/C15H23N3/c1-4-18(13(2)3)11-10-15(17,12-16)14-8-6-5-7-9-14/h5-9,13H,4,10-11,17H2,1-3H3. The van der Waals surface area contributed by atoms with Crippen molar-refractivity contribution in [1.29, 1.82) is 5.26 Å². The first-order valence-electron chi connectivity index (χ1n) is 6.53.